The van der Waals surface area contributed by atoms with E-state index in [4.69, 9.17) is 0 Å². The lowest BCUT2D eigenvalue weighted by Gasteiger charge is -2.17. The van der Waals surface area contributed by atoms with Crippen LogP contribution in [0.1, 0.15) is 33.6 Å². The first-order valence-corrected chi connectivity index (χ1v) is 4.63. The Morgan fingerprint density at radius 1 is 1.08 bits per heavy atom. The standard InChI is InChI=1S/C11H18N.BrH/c1-4-8-11(2,3)12-9-6-5-7-10-12;/h5-7,9-10H,4,8H2,1-3H3;1H/q+1;/p-1. The van der Waals surface area contributed by atoms with E-state index in [-0.39, 0.29) is 22.5 Å². The summed E-state index contributed by atoms with van der Waals surface area (Å²) in [6.45, 7) is 6.78. The van der Waals surface area contributed by atoms with Crippen molar-refractivity contribution in [2.45, 2.75) is 39.2 Å². The average Bonchev–Trinajstić information content (AvgIpc) is 2.06. The minimum Gasteiger partial charge on any atom is -1.00 e. The van der Waals surface area contributed by atoms with Gasteiger partial charge >= 0.3 is 0 Å². The van der Waals surface area contributed by atoms with E-state index >= 15 is 0 Å². The molecule has 0 aromatic carbocycles. The number of hydrogen-bond acceptors (Lipinski definition) is 0. The van der Waals surface area contributed by atoms with E-state index in [1.165, 1.54) is 12.8 Å². The fourth-order valence-corrected chi connectivity index (χ4v) is 1.54. The second-order valence-electron chi connectivity index (χ2n) is 3.85. The Hall–Kier alpha value is -0.370. The Morgan fingerprint density at radius 2 is 1.62 bits per heavy atom. The Morgan fingerprint density at radius 3 is 2.08 bits per heavy atom. The van der Waals surface area contributed by atoms with Gasteiger partial charge in [0.2, 0.25) is 0 Å². The zero-order valence-corrected chi connectivity index (χ0v) is 10.2. The molecule has 0 atom stereocenters. The van der Waals surface area contributed by atoms with Crippen LogP contribution in [0, 0.1) is 0 Å². The van der Waals surface area contributed by atoms with Gasteiger partial charge in [0, 0.05) is 32.4 Å². The van der Waals surface area contributed by atoms with Gasteiger partial charge in [-0.2, -0.15) is 0 Å². The molecule has 0 fully saturated rings. The summed E-state index contributed by atoms with van der Waals surface area (Å²) in [5, 5.41) is 0. The number of halogens is 1. The second-order valence-corrected chi connectivity index (χ2v) is 3.85. The second kappa shape index (κ2) is 5.38. The van der Waals surface area contributed by atoms with Crippen LogP contribution in [-0.4, -0.2) is 0 Å². The van der Waals surface area contributed by atoms with E-state index in [1.807, 2.05) is 0 Å². The lowest BCUT2D eigenvalue weighted by atomic mass is 9.98. The SMILES string of the molecule is CCCC(C)(C)[n+]1ccccc1.[Br-]. The molecule has 0 bridgehead atoms. The number of pyridine rings is 1. The third kappa shape index (κ3) is 3.47. The molecule has 1 aromatic heterocycles. The molecule has 1 nitrogen and oxygen atoms in total. The highest BCUT2D eigenvalue weighted by Gasteiger charge is 2.25. The van der Waals surface area contributed by atoms with Gasteiger partial charge in [-0.05, 0) is 6.42 Å². The third-order valence-corrected chi connectivity index (χ3v) is 2.28. The van der Waals surface area contributed by atoms with Crippen molar-refractivity contribution in [3.8, 4) is 0 Å². The minimum atomic E-state index is 0. The van der Waals surface area contributed by atoms with Gasteiger partial charge in [-0.25, -0.2) is 4.57 Å². The van der Waals surface area contributed by atoms with Crippen LogP contribution in [0.2, 0.25) is 0 Å². The van der Waals surface area contributed by atoms with Crippen molar-refractivity contribution in [2.75, 3.05) is 0 Å². The van der Waals surface area contributed by atoms with E-state index in [2.05, 4.69) is 55.9 Å². The van der Waals surface area contributed by atoms with Gasteiger partial charge in [0.1, 0.15) is 0 Å². The summed E-state index contributed by atoms with van der Waals surface area (Å²) in [5.41, 5.74) is 0.260. The van der Waals surface area contributed by atoms with Crippen LogP contribution in [0.15, 0.2) is 30.6 Å². The van der Waals surface area contributed by atoms with Crippen LogP contribution in [0.25, 0.3) is 0 Å². The van der Waals surface area contributed by atoms with E-state index < -0.39 is 0 Å². The predicted octanol–water partition coefficient (Wildman–Crippen LogP) is -0.487. The Kier molecular flexibility index (Phi) is 5.23. The fourth-order valence-electron chi connectivity index (χ4n) is 1.54. The van der Waals surface area contributed by atoms with Crippen molar-refractivity contribution < 1.29 is 21.5 Å². The summed E-state index contributed by atoms with van der Waals surface area (Å²) in [6.07, 6.45) is 6.72. The molecule has 0 radical (unpaired) electrons. The maximum Gasteiger partial charge on any atom is 0.169 e. The van der Waals surface area contributed by atoms with Crippen molar-refractivity contribution in [3.05, 3.63) is 30.6 Å². The molecule has 1 rings (SSSR count). The number of hydrogen-bond donors (Lipinski definition) is 0. The zero-order chi connectivity index (χ0) is 9.03. The fraction of sp³-hybridized carbons (Fsp3) is 0.545. The Bertz CT molecular complexity index is 231. The Labute approximate surface area is 91.6 Å². The van der Waals surface area contributed by atoms with Crippen LogP contribution in [0.4, 0.5) is 0 Å². The van der Waals surface area contributed by atoms with Crippen molar-refractivity contribution >= 4 is 0 Å². The first-order chi connectivity index (χ1) is 5.67. The molecule has 0 aliphatic rings. The highest BCUT2D eigenvalue weighted by molar-refractivity contribution is 4.84. The van der Waals surface area contributed by atoms with Crippen LogP contribution >= 0.6 is 0 Å². The van der Waals surface area contributed by atoms with Gasteiger partial charge in [-0.15, -0.1) is 0 Å². The van der Waals surface area contributed by atoms with Crippen molar-refractivity contribution in [1.29, 1.82) is 0 Å². The smallest absolute Gasteiger partial charge is 0.169 e. The van der Waals surface area contributed by atoms with Crippen LogP contribution in [0.5, 0.6) is 0 Å². The molecule has 74 valence electrons. The van der Waals surface area contributed by atoms with Crippen molar-refractivity contribution in [1.82, 2.24) is 0 Å². The number of rotatable bonds is 3. The first-order valence-electron chi connectivity index (χ1n) is 4.63. The summed E-state index contributed by atoms with van der Waals surface area (Å²) in [5.74, 6) is 0. The lowest BCUT2D eigenvalue weighted by Crippen LogP contribution is -3.00. The summed E-state index contributed by atoms with van der Waals surface area (Å²) >= 11 is 0. The summed E-state index contributed by atoms with van der Waals surface area (Å²) in [7, 11) is 0. The van der Waals surface area contributed by atoms with Gasteiger partial charge in [-0.3, -0.25) is 0 Å². The van der Waals surface area contributed by atoms with E-state index in [9.17, 15) is 0 Å². The normalized spacial score (nSPS) is 10.7. The van der Waals surface area contributed by atoms with Crippen LogP contribution in [-0.2, 0) is 5.54 Å². The van der Waals surface area contributed by atoms with Gasteiger partial charge in [-0.1, -0.05) is 13.0 Å². The molecule has 0 aliphatic heterocycles. The zero-order valence-electron chi connectivity index (χ0n) is 8.63. The van der Waals surface area contributed by atoms with Crippen molar-refractivity contribution in [2.24, 2.45) is 0 Å². The molecule has 2 heteroatoms. The van der Waals surface area contributed by atoms with E-state index in [0.717, 1.165) is 0 Å². The first kappa shape index (κ1) is 12.6. The molecule has 0 unspecified atom stereocenters. The molecule has 0 saturated carbocycles. The summed E-state index contributed by atoms with van der Waals surface area (Å²) < 4.78 is 2.27. The average molecular weight is 244 g/mol. The largest absolute Gasteiger partial charge is 1.00 e. The van der Waals surface area contributed by atoms with Crippen LogP contribution in [0.3, 0.4) is 0 Å². The highest BCUT2D eigenvalue weighted by Crippen LogP contribution is 2.13. The molecule has 0 aliphatic carbocycles. The molecule has 0 amide bonds. The van der Waals surface area contributed by atoms with Gasteiger partial charge < -0.3 is 17.0 Å². The summed E-state index contributed by atoms with van der Waals surface area (Å²) in [6, 6.07) is 6.22. The molecule has 1 aromatic rings. The van der Waals surface area contributed by atoms with Gasteiger partial charge in [0.15, 0.2) is 17.9 Å². The quantitative estimate of drug-likeness (QED) is 0.632. The number of aromatic nitrogens is 1. The topological polar surface area (TPSA) is 3.88 Å². The molecular weight excluding hydrogens is 226 g/mol. The van der Waals surface area contributed by atoms with Crippen molar-refractivity contribution in [3.63, 3.8) is 0 Å². The maximum atomic E-state index is 2.27. The molecule has 0 N–H and O–H groups in total. The third-order valence-electron chi connectivity index (χ3n) is 2.28. The van der Waals surface area contributed by atoms with Gasteiger partial charge in [0.25, 0.3) is 0 Å². The van der Waals surface area contributed by atoms with Gasteiger partial charge in [0.05, 0.1) is 0 Å². The molecule has 0 spiro atoms. The molecule has 13 heavy (non-hydrogen) atoms. The monoisotopic (exact) mass is 243 g/mol. The summed E-state index contributed by atoms with van der Waals surface area (Å²) in [4.78, 5) is 0. The number of nitrogens with zero attached hydrogens (tertiary/aromatic N) is 1. The maximum absolute atomic E-state index is 2.27. The Balaban J connectivity index is 0.00000144. The van der Waals surface area contributed by atoms with Crippen LogP contribution < -0.4 is 21.5 Å². The molecule has 0 saturated heterocycles. The van der Waals surface area contributed by atoms with E-state index in [0.29, 0.717) is 0 Å². The molecular formula is C11H18BrN. The predicted molar refractivity (Wildman–Crippen MR) is 50.9 cm³/mol. The lowest BCUT2D eigenvalue weighted by molar-refractivity contribution is -0.758. The van der Waals surface area contributed by atoms with E-state index in [1.54, 1.807) is 0 Å². The highest BCUT2D eigenvalue weighted by atomic mass is 79.9. The minimum absolute atomic E-state index is 0. The molecule has 1 heterocycles.